The smallest absolute Gasteiger partial charge is 0.337 e. The highest BCUT2D eigenvalue weighted by molar-refractivity contribution is 6.00. The lowest BCUT2D eigenvalue weighted by Gasteiger charge is -2.25. The third-order valence-electron chi connectivity index (χ3n) is 5.00. The zero-order valence-electron chi connectivity index (χ0n) is 15.8. The van der Waals surface area contributed by atoms with Crippen molar-refractivity contribution in [2.75, 3.05) is 13.7 Å². The van der Waals surface area contributed by atoms with Crippen molar-refractivity contribution in [1.29, 1.82) is 0 Å². The number of nitrogens with one attached hydrogen (secondary N) is 1. The first-order chi connectivity index (χ1) is 14.1. The van der Waals surface area contributed by atoms with Gasteiger partial charge in [0.1, 0.15) is 17.1 Å². The second kappa shape index (κ2) is 7.27. The summed E-state index contributed by atoms with van der Waals surface area (Å²) in [5, 5.41) is 17.5. The van der Waals surface area contributed by atoms with E-state index in [1.807, 2.05) is 0 Å². The van der Waals surface area contributed by atoms with Crippen molar-refractivity contribution in [3.63, 3.8) is 0 Å². The Balaban J connectivity index is 1.86. The van der Waals surface area contributed by atoms with Gasteiger partial charge in [0.25, 0.3) is 5.91 Å². The predicted octanol–water partition coefficient (Wildman–Crippen LogP) is 3.30. The zero-order valence-corrected chi connectivity index (χ0v) is 15.8. The third-order valence-corrected chi connectivity index (χ3v) is 5.00. The van der Waals surface area contributed by atoms with Gasteiger partial charge in [0.15, 0.2) is 0 Å². The molecule has 1 atom stereocenters. The number of phenolic OH excluding ortho intramolecular Hbond substituents is 1. The first kappa shape index (κ1) is 18.5. The first-order valence-corrected chi connectivity index (χ1v) is 9.03. The van der Waals surface area contributed by atoms with Crippen molar-refractivity contribution in [3.8, 4) is 17.0 Å². The summed E-state index contributed by atoms with van der Waals surface area (Å²) in [6.07, 6.45) is 1.66. The fraction of sp³-hybridized carbons (Fsp3) is 0.136. The number of para-hydroxylation sites is 1. The van der Waals surface area contributed by atoms with Crippen LogP contribution in [0.15, 0.2) is 61.2 Å². The van der Waals surface area contributed by atoms with Gasteiger partial charge in [-0.2, -0.15) is 5.10 Å². The largest absolute Gasteiger partial charge is 0.507 e. The predicted molar refractivity (Wildman–Crippen MR) is 107 cm³/mol. The summed E-state index contributed by atoms with van der Waals surface area (Å²) < 4.78 is 4.75. The maximum absolute atomic E-state index is 13.0. The molecule has 1 aromatic heterocycles. The van der Waals surface area contributed by atoms with Gasteiger partial charge in [-0.3, -0.25) is 9.89 Å². The summed E-state index contributed by atoms with van der Waals surface area (Å²) in [5.74, 6) is -0.548. The number of amides is 1. The molecule has 7 nitrogen and oxygen atoms in total. The summed E-state index contributed by atoms with van der Waals surface area (Å²) in [4.78, 5) is 26.4. The van der Waals surface area contributed by atoms with Gasteiger partial charge in [-0.25, -0.2) is 4.79 Å². The van der Waals surface area contributed by atoms with E-state index in [1.54, 1.807) is 59.5 Å². The highest BCUT2D eigenvalue weighted by atomic mass is 16.5. The van der Waals surface area contributed by atoms with Crippen molar-refractivity contribution in [2.24, 2.45) is 0 Å². The molecule has 1 aliphatic heterocycles. The van der Waals surface area contributed by atoms with Crippen LogP contribution in [0.2, 0.25) is 0 Å². The number of aromatic nitrogens is 2. The molecule has 0 radical (unpaired) electrons. The number of methoxy groups -OCH3 is 1. The van der Waals surface area contributed by atoms with Crippen LogP contribution in [-0.2, 0) is 4.74 Å². The van der Waals surface area contributed by atoms with Gasteiger partial charge < -0.3 is 14.7 Å². The number of hydrogen-bond donors (Lipinski definition) is 2. The van der Waals surface area contributed by atoms with E-state index in [2.05, 4.69) is 16.8 Å². The quantitative estimate of drug-likeness (QED) is 0.516. The number of rotatable bonds is 5. The average molecular weight is 389 g/mol. The zero-order chi connectivity index (χ0) is 20.5. The monoisotopic (exact) mass is 389 g/mol. The van der Waals surface area contributed by atoms with E-state index in [4.69, 9.17) is 4.74 Å². The van der Waals surface area contributed by atoms with Crippen molar-refractivity contribution < 1.29 is 19.4 Å². The molecular weight excluding hydrogens is 370 g/mol. The van der Waals surface area contributed by atoms with Gasteiger partial charge in [0.05, 0.1) is 18.7 Å². The molecule has 0 aliphatic carbocycles. The van der Waals surface area contributed by atoms with E-state index in [0.29, 0.717) is 34.6 Å². The van der Waals surface area contributed by atoms with Gasteiger partial charge in [-0.1, -0.05) is 30.3 Å². The molecule has 0 spiro atoms. The van der Waals surface area contributed by atoms with E-state index in [0.717, 1.165) is 5.56 Å². The Morgan fingerprint density at radius 2 is 2.00 bits per heavy atom. The molecular formula is C22H19N3O4. The molecule has 2 aromatic carbocycles. The number of fused-ring (bicyclic) bond motifs is 1. The van der Waals surface area contributed by atoms with Crippen molar-refractivity contribution >= 4 is 11.9 Å². The minimum Gasteiger partial charge on any atom is -0.507 e. The van der Waals surface area contributed by atoms with Gasteiger partial charge in [0.2, 0.25) is 0 Å². The van der Waals surface area contributed by atoms with Crippen LogP contribution in [0.4, 0.5) is 0 Å². The number of carbonyl (C=O) groups excluding carboxylic acids is 2. The van der Waals surface area contributed by atoms with Crippen LogP contribution in [-0.4, -0.2) is 45.7 Å². The number of phenols is 1. The highest BCUT2D eigenvalue weighted by Crippen LogP contribution is 2.44. The third kappa shape index (κ3) is 2.97. The molecule has 3 aromatic rings. The molecule has 1 unspecified atom stereocenters. The standard InChI is InChI=1S/C22H19N3O4/c1-3-12-25-20(13-8-10-14(11-9-13)22(28)29-2)17-18(23-24-19(17)21(25)27)15-6-4-5-7-16(15)26/h3-11,20,26H,1,12H2,2H3,(H,23,24). The Bertz CT molecular complexity index is 1100. The van der Waals surface area contributed by atoms with E-state index in [-0.39, 0.29) is 11.7 Å². The van der Waals surface area contributed by atoms with Crippen molar-refractivity contribution in [2.45, 2.75) is 6.04 Å². The molecule has 4 rings (SSSR count). The van der Waals surface area contributed by atoms with Crippen molar-refractivity contribution in [3.05, 3.63) is 83.6 Å². The molecule has 146 valence electrons. The minimum absolute atomic E-state index is 0.0798. The van der Waals surface area contributed by atoms with Crippen LogP contribution < -0.4 is 0 Å². The summed E-state index contributed by atoms with van der Waals surface area (Å²) in [6.45, 7) is 4.09. The molecule has 0 saturated heterocycles. The lowest BCUT2D eigenvalue weighted by atomic mass is 9.95. The number of H-pyrrole nitrogens is 1. The Labute approximate surface area is 167 Å². The summed E-state index contributed by atoms with van der Waals surface area (Å²) >= 11 is 0. The highest BCUT2D eigenvalue weighted by Gasteiger charge is 2.41. The van der Waals surface area contributed by atoms with Crippen LogP contribution in [0.3, 0.4) is 0 Å². The fourth-order valence-corrected chi connectivity index (χ4v) is 3.67. The lowest BCUT2D eigenvalue weighted by Crippen LogP contribution is -2.29. The molecule has 7 heteroatoms. The van der Waals surface area contributed by atoms with Gasteiger partial charge in [-0.05, 0) is 29.8 Å². The number of nitrogens with zero attached hydrogens (tertiary/aromatic N) is 2. The Kier molecular flexibility index (Phi) is 4.64. The molecule has 1 amide bonds. The van der Waals surface area contributed by atoms with E-state index in [9.17, 15) is 14.7 Å². The Morgan fingerprint density at radius 3 is 2.66 bits per heavy atom. The van der Waals surface area contributed by atoms with Crippen LogP contribution in [0.1, 0.15) is 38.0 Å². The molecule has 29 heavy (non-hydrogen) atoms. The lowest BCUT2D eigenvalue weighted by molar-refractivity contribution is 0.0600. The van der Waals surface area contributed by atoms with Crippen molar-refractivity contribution in [1.82, 2.24) is 15.1 Å². The summed E-state index contributed by atoms with van der Waals surface area (Å²) in [6, 6.07) is 13.3. The van der Waals surface area contributed by atoms with Gasteiger partial charge >= 0.3 is 5.97 Å². The van der Waals surface area contributed by atoms with E-state index < -0.39 is 12.0 Å². The second-order valence-electron chi connectivity index (χ2n) is 6.64. The summed E-state index contributed by atoms with van der Waals surface area (Å²) in [5.41, 5.74) is 3.35. The minimum atomic E-state index is -0.435. The number of aromatic hydroxyl groups is 1. The molecule has 2 N–H and O–H groups in total. The number of benzene rings is 2. The van der Waals surface area contributed by atoms with Gasteiger partial charge in [0, 0.05) is 17.7 Å². The number of esters is 1. The van der Waals surface area contributed by atoms with Crippen LogP contribution in [0.5, 0.6) is 5.75 Å². The Morgan fingerprint density at radius 1 is 1.28 bits per heavy atom. The molecule has 0 bridgehead atoms. The average Bonchev–Trinajstić information content (AvgIpc) is 3.28. The van der Waals surface area contributed by atoms with Gasteiger partial charge in [-0.15, -0.1) is 6.58 Å². The maximum atomic E-state index is 13.0. The van der Waals surface area contributed by atoms with Crippen LogP contribution >= 0.6 is 0 Å². The Hall–Kier alpha value is -3.87. The molecule has 0 saturated carbocycles. The number of hydrogen-bond acceptors (Lipinski definition) is 5. The molecule has 1 aliphatic rings. The normalized spacial score (nSPS) is 15.3. The second-order valence-corrected chi connectivity index (χ2v) is 6.64. The van der Waals surface area contributed by atoms with E-state index in [1.165, 1.54) is 7.11 Å². The number of carbonyl (C=O) groups is 2. The molecule has 0 fully saturated rings. The van der Waals surface area contributed by atoms with Crippen LogP contribution in [0.25, 0.3) is 11.3 Å². The van der Waals surface area contributed by atoms with Crippen LogP contribution in [0, 0.1) is 0 Å². The number of aromatic amines is 1. The first-order valence-electron chi connectivity index (χ1n) is 9.03. The fourth-order valence-electron chi connectivity index (χ4n) is 3.67. The molecule has 2 heterocycles. The number of ether oxygens (including phenoxy) is 1. The topological polar surface area (TPSA) is 95.5 Å². The van der Waals surface area contributed by atoms with E-state index >= 15 is 0 Å². The maximum Gasteiger partial charge on any atom is 0.337 e. The SMILES string of the molecule is C=CCN1C(=O)c2[nH]nc(-c3ccccc3O)c2C1c1ccc(C(=O)OC)cc1. The summed E-state index contributed by atoms with van der Waals surface area (Å²) in [7, 11) is 1.33.